The van der Waals surface area contributed by atoms with Crippen LogP contribution in [-0.2, 0) is 11.2 Å². The average molecular weight is 372 g/mol. The lowest BCUT2D eigenvalue weighted by atomic mass is 10.1. The van der Waals surface area contributed by atoms with Crippen LogP contribution in [0.2, 0.25) is 0 Å². The molecule has 0 spiro atoms. The Bertz CT molecular complexity index is 711. The van der Waals surface area contributed by atoms with Crippen LogP contribution in [0.15, 0.2) is 46.9 Å². The number of carbonyl (C=O) groups excluding carboxylic acids is 1. The Morgan fingerprint density at radius 3 is 2.69 bits per heavy atom. The Labute approximate surface area is 157 Å². The predicted octanol–water partition coefficient (Wildman–Crippen LogP) is 0.939. The number of piperazine rings is 1. The van der Waals surface area contributed by atoms with Crippen molar-refractivity contribution in [1.29, 1.82) is 0 Å². The van der Waals surface area contributed by atoms with Crippen molar-refractivity contribution in [1.82, 2.24) is 15.2 Å². The highest BCUT2D eigenvalue weighted by Crippen LogP contribution is 2.18. The molecular formula is C18H24N6OS. The Kier molecular flexibility index (Phi) is 6.43. The molecule has 7 nitrogen and oxygen atoms in total. The zero-order valence-electron chi connectivity index (χ0n) is 14.7. The minimum Gasteiger partial charge on any atom is -0.370 e. The maximum atomic E-state index is 11.9. The van der Waals surface area contributed by atoms with Crippen molar-refractivity contribution >= 4 is 28.3 Å². The van der Waals surface area contributed by atoms with Crippen molar-refractivity contribution in [3.63, 3.8) is 0 Å². The highest BCUT2D eigenvalue weighted by Gasteiger charge is 2.19. The maximum absolute atomic E-state index is 11.9. The number of hydrogen-bond acceptors (Lipinski definition) is 5. The topological polar surface area (TPSA) is 86.8 Å². The van der Waals surface area contributed by atoms with Crippen LogP contribution in [-0.4, -0.2) is 61.0 Å². The second-order valence-corrected chi connectivity index (χ2v) is 6.92. The number of guanidine groups is 1. The van der Waals surface area contributed by atoms with Gasteiger partial charge in [0.2, 0.25) is 5.91 Å². The van der Waals surface area contributed by atoms with Gasteiger partial charge in [0.1, 0.15) is 6.54 Å². The quantitative estimate of drug-likeness (QED) is 0.582. The molecule has 26 heavy (non-hydrogen) atoms. The van der Waals surface area contributed by atoms with E-state index in [4.69, 9.17) is 5.73 Å². The van der Waals surface area contributed by atoms with Gasteiger partial charge in [-0.3, -0.25) is 4.79 Å². The molecule has 3 N–H and O–H groups in total. The minimum absolute atomic E-state index is 0.0628. The lowest BCUT2D eigenvalue weighted by Gasteiger charge is -2.35. The fraction of sp³-hybridized carbons (Fsp3) is 0.389. The van der Waals surface area contributed by atoms with E-state index in [0.29, 0.717) is 12.5 Å². The first-order valence-electron chi connectivity index (χ1n) is 8.72. The molecule has 1 saturated heterocycles. The predicted molar refractivity (Wildman–Crippen MR) is 106 cm³/mol. The fourth-order valence-electron chi connectivity index (χ4n) is 2.80. The van der Waals surface area contributed by atoms with Gasteiger partial charge < -0.3 is 20.9 Å². The number of carbonyl (C=O) groups is 1. The highest BCUT2D eigenvalue weighted by molar-refractivity contribution is 7.13. The largest absolute Gasteiger partial charge is 0.370 e. The summed E-state index contributed by atoms with van der Waals surface area (Å²) in [5, 5.41) is 5.90. The van der Waals surface area contributed by atoms with Crippen LogP contribution < -0.4 is 16.0 Å². The van der Waals surface area contributed by atoms with Crippen LogP contribution in [0.5, 0.6) is 0 Å². The summed E-state index contributed by atoms with van der Waals surface area (Å²) in [6, 6.07) is 10.1. The summed E-state index contributed by atoms with van der Waals surface area (Å²) in [4.78, 5) is 24.7. The number of thiazole rings is 1. The first-order valence-corrected chi connectivity index (χ1v) is 9.60. The Hall–Kier alpha value is -2.61. The van der Waals surface area contributed by atoms with Gasteiger partial charge >= 0.3 is 0 Å². The molecule has 0 bridgehead atoms. The smallest absolute Gasteiger partial charge is 0.241 e. The third-order valence-corrected chi connectivity index (χ3v) is 5.09. The summed E-state index contributed by atoms with van der Waals surface area (Å²) in [7, 11) is 0. The number of nitrogens with two attached hydrogens (primary N) is 1. The van der Waals surface area contributed by atoms with Crippen molar-refractivity contribution in [3.8, 4) is 0 Å². The zero-order chi connectivity index (χ0) is 18.2. The van der Waals surface area contributed by atoms with Crippen LogP contribution in [0.3, 0.4) is 0 Å². The third-order valence-electron chi connectivity index (χ3n) is 4.26. The number of nitrogens with zero attached hydrogens (tertiary/aromatic N) is 4. The third kappa shape index (κ3) is 5.19. The molecule has 0 unspecified atom stereocenters. The van der Waals surface area contributed by atoms with Crippen LogP contribution in [0.25, 0.3) is 0 Å². The number of anilines is 1. The summed E-state index contributed by atoms with van der Waals surface area (Å²) in [5.41, 5.74) is 7.25. The number of hydrogen-bond donors (Lipinski definition) is 2. The molecule has 3 rings (SSSR count). The lowest BCUT2D eigenvalue weighted by Crippen LogP contribution is -2.51. The monoisotopic (exact) mass is 372 g/mol. The average Bonchev–Trinajstić information content (AvgIpc) is 3.22. The van der Waals surface area contributed by atoms with Crippen molar-refractivity contribution in [3.05, 3.63) is 47.5 Å². The molecule has 1 fully saturated rings. The molecule has 1 aliphatic heterocycles. The molecule has 0 saturated carbocycles. The molecule has 1 aliphatic rings. The number of nitrogens with one attached hydrogen (secondary N) is 1. The Morgan fingerprint density at radius 2 is 2.00 bits per heavy atom. The summed E-state index contributed by atoms with van der Waals surface area (Å²) in [5.74, 6) is 0.326. The summed E-state index contributed by atoms with van der Waals surface area (Å²) in [6.45, 7) is 3.94. The van der Waals surface area contributed by atoms with Gasteiger partial charge in [0.05, 0.1) is 0 Å². The number of benzene rings is 1. The molecule has 138 valence electrons. The van der Waals surface area contributed by atoms with E-state index < -0.39 is 0 Å². The van der Waals surface area contributed by atoms with E-state index in [1.807, 2.05) is 46.8 Å². The van der Waals surface area contributed by atoms with Gasteiger partial charge in [-0.05, 0) is 12.0 Å². The Balaban J connectivity index is 1.37. The molecule has 2 heterocycles. The van der Waals surface area contributed by atoms with E-state index in [0.717, 1.165) is 37.7 Å². The molecular weight excluding hydrogens is 348 g/mol. The van der Waals surface area contributed by atoms with Gasteiger partial charge in [0, 0.05) is 44.3 Å². The van der Waals surface area contributed by atoms with E-state index in [2.05, 4.69) is 20.2 Å². The molecule has 1 aromatic heterocycles. The summed E-state index contributed by atoms with van der Waals surface area (Å²) < 4.78 is 0. The van der Waals surface area contributed by atoms with Crippen molar-refractivity contribution < 1.29 is 4.79 Å². The van der Waals surface area contributed by atoms with Crippen molar-refractivity contribution in [2.75, 3.05) is 44.2 Å². The van der Waals surface area contributed by atoms with E-state index >= 15 is 0 Å². The SMILES string of the molecule is NC(=NCC(=O)NCCc1ccccc1)N1CCN(c2nccs2)CC1. The number of amides is 1. The molecule has 0 aliphatic carbocycles. The molecule has 0 atom stereocenters. The molecule has 1 aromatic carbocycles. The first kappa shape index (κ1) is 18.2. The van der Waals surface area contributed by atoms with Crippen LogP contribution in [0, 0.1) is 0 Å². The molecule has 0 radical (unpaired) electrons. The van der Waals surface area contributed by atoms with Gasteiger partial charge in [0.25, 0.3) is 0 Å². The molecule has 1 amide bonds. The second-order valence-electron chi connectivity index (χ2n) is 6.05. The summed E-state index contributed by atoms with van der Waals surface area (Å²) in [6.07, 6.45) is 2.63. The minimum atomic E-state index is -0.106. The lowest BCUT2D eigenvalue weighted by molar-refractivity contribution is -0.119. The van der Waals surface area contributed by atoms with Crippen molar-refractivity contribution in [2.24, 2.45) is 10.7 Å². The van der Waals surface area contributed by atoms with Crippen LogP contribution >= 0.6 is 11.3 Å². The van der Waals surface area contributed by atoms with Crippen LogP contribution in [0.4, 0.5) is 5.13 Å². The van der Waals surface area contributed by atoms with E-state index in [-0.39, 0.29) is 12.5 Å². The number of aromatic nitrogens is 1. The van der Waals surface area contributed by atoms with Crippen LogP contribution in [0.1, 0.15) is 5.56 Å². The van der Waals surface area contributed by atoms with Gasteiger partial charge in [-0.2, -0.15) is 0 Å². The maximum Gasteiger partial charge on any atom is 0.241 e. The summed E-state index contributed by atoms with van der Waals surface area (Å²) >= 11 is 1.64. The van der Waals surface area contributed by atoms with Gasteiger partial charge in [-0.1, -0.05) is 30.3 Å². The number of aliphatic imine (C=N–C) groups is 1. The van der Waals surface area contributed by atoms with Gasteiger partial charge in [-0.25, -0.2) is 9.98 Å². The van der Waals surface area contributed by atoms with Crippen molar-refractivity contribution in [2.45, 2.75) is 6.42 Å². The molecule has 8 heteroatoms. The van der Waals surface area contributed by atoms with E-state index in [9.17, 15) is 4.79 Å². The fourth-order valence-corrected chi connectivity index (χ4v) is 3.50. The first-order chi connectivity index (χ1) is 12.7. The van der Waals surface area contributed by atoms with Gasteiger partial charge in [0.15, 0.2) is 11.1 Å². The Morgan fingerprint density at radius 1 is 1.23 bits per heavy atom. The standard InChI is InChI=1S/C18H24N6OS/c19-17(23-9-11-24(12-10-23)18-21-8-13-26-18)22-14-16(25)20-7-6-15-4-2-1-3-5-15/h1-5,8,13H,6-7,9-12,14H2,(H2,19,22)(H,20,25). The van der Waals surface area contributed by atoms with E-state index in [1.54, 1.807) is 11.3 Å². The van der Waals surface area contributed by atoms with E-state index in [1.165, 1.54) is 5.56 Å². The number of rotatable bonds is 6. The molecule has 2 aromatic rings. The zero-order valence-corrected chi connectivity index (χ0v) is 15.5. The second kappa shape index (κ2) is 9.19. The normalized spacial score (nSPS) is 15.2. The highest BCUT2D eigenvalue weighted by atomic mass is 32.1. The van der Waals surface area contributed by atoms with Gasteiger partial charge in [-0.15, -0.1) is 11.3 Å².